The Morgan fingerprint density at radius 1 is 1.03 bits per heavy atom. The highest BCUT2D eigenvalue weighted by Gasteiger charge is 2.16. The molecule has 0 saturated heterocycles. The number of nitro groups is 1. The number of nitro benzene ring substituents is 1. The molecule has 0 unspecified atom stereocenters. The van der Waals surface area contributed by atoms with Crippen LogP contribution in [0.1, 0.15) is 21.6 Å². The molecule has 0 fully saturated rings. The number of para-hydroxylation sites is 2. The van der Waals surface area contributed by atoms with Gasteiger partial charge >= 0.3 is 5.97 Å². The molecular weight excluding hydrogens is 438 g/mol. The molecule has 168 valence electrons. The maximum absolute atomic E-state index is 12.8. The quantitative estimate of drug-likeness (QED) is 0.179. The van der Waals surface area contributed by atoms with Gasteiger partial charge in [0, 0.05) is 28.4 Å². The Labute approximate surface area is 191 Å². The Kier molecular flexibility index (Phi) is 5.30. The Morgan fingerprint density at radius 2 is 1.79 bits per heavy atom. The second kappa shape index (κ2) is 8.58. The van der Waals surface area contributed by atoms with E-state index >= 15 is 0 Å². The summed E-state index contributed by atoms with van der Waals surface area (Å²) in [6, 6.07) is 18.2. The van der Waals surface area contributed by atoms with E-state index in [0.717, 1.165) is 5.56 Å². The van der Waals surface area contributed by atoms with Crippen LogP contribution in [0.25, 0.3) is 21.8 Å². The van der Waals surface area contributed by atoms with Crippen LogP contribution in [0.3, 0.4) is 0 Å². The lowest BCUT2D eigenvalue weighted by molar-refractivity contribution is -0.384. The number of ether oxygens (including phenoxy) is 1. The number of esters is 1. The van der Waals surface area contributed by atoms with Gasteiger partial charge in [-0.05, 0) is 29.8 Å². The van der Waals surface area contributed by atoms with Gasteiger partial charge in [-0.2, -0.15) is 0 Å². The summed E-state index contributed by atoms with van der Waals surface area (Å²) in [5.41, 5.74) is 2.40. The molecule has 0 atom stereocenters. The van der Waals surface area contributed by atoms with Crippen molar-refractivity contribution in [1.82, 2.24) is 20.0 Å². The van der Waals surface area contributed by atoms with Gasteiger partial charge in [-0.25, -0.2) is 9.48 Å². The molecular formula is C24H17N5O5. The maximum Gasteiger partial charge on any atom is 0.340 e. The summed E-state index contributed by atoms with van der Waals surface area (Å²) < 4.78 is 6.98. The van der Waals surface area contributed by atoms with Crippen LogP contribution in [-0.2, 0) is 17.9 Å². The fourth-order valence-electron chi connectivity index (χ4n) is 3.73. The van der Waals surface area contributed by atoms with E-state index in [2.05, 4.69) is 15.3 Å². The fraction of sp³-hybridized carbons (Fsp3) is 0.0833. The van der Waals surface area contributed by atoms with Crippen molar-refractivity contribution in [2.75, 3.05) is 0 Å². The largest absolute Gasteiger partial charge is 0.455 e. The molecule has 5 rings (SSSR count). The fourth-order valence-corrected chi connectivity index (χ4v) is 3.73. The molecule has 0 saturated carbocycles. The van der Waals surface area contributed by atoms with Crippen LogP contribution < -0.4 is 5.43 Å². The Balaban J connectivity index is 1.32. The zero-order valence-electron chi connectivity index (χ0n) is 17.7. The number of carbonyl (C=O) groups is 1. The number of fused-ring (bicyclic) bond motifs is 2. The van der Waals surface area contributed by atoms with E-state index in [4.69, 9.17) is 4.74 Å². The van der Waals surface area contributed by atoms with Crippen LogP contribution in [0.15, 0.2) is 77.7 Å². The van der Waals surface area contributed by atoms with Crippen molar-refractivity contribution in [2.45, 2.75) is 13.2 Å². The number of aromatic nitrogens is 4. The van der Waals surface area contributed by atoms with E-state index in [-0.39, 0.29) is 23.3 Å². The lowest BCUT2D eigenvalue weighted by Gasteiger charge is -2.08. The van der Waals surface area contributed by atoms with Gasteiger partial charge in [0.1, 0.15) is 12.3 Å². The van der Waals surface area contributed by atoms with E-state index in [9.17, 15) is 19.7 Å². The third kappa shape index (κ3) is 3.99. The molecule has 34 heavy (non-hydrogen) atoms. The number of hydrogen-bond acceptors (Lipinski definition) is 7. The zero-order valence-corrected chi connectivity index (χ0v) is 17.7. The lowest BCUT2D eigenvalue weighted by Crippen LogP contribution is -2.10. The number of benzene rings is 3. The monoisotopic (exact) mass is 455 g/mol. The van der Waals surface area contributed by atoms with Crippen LogP contribution in [0.2, 0.25) is 0 Å². The molecule has 2 aromatic heterocycles. The number of carbonyl (C=O) groups excluding carboxylic acids is 1. The first kappa shape index (κ1) is 21.0. The van der Waals surface area contributed by atoms with E-state index in [1.807, 2.05) is 6.07 Å². The number of nitrogens with one attached hydrogen (secondary N) is 1. The van der Waals surface area contributed by atoms with Crippen molar-refractivity contribution in [1.29, 1.82) is 0 Å². The highest BCUT2D eigenvalue weighted by molar-refractivity contribution is 6.05. The maximum atomic E-state index is 12.8. The summed E-state index contributed by atoms with van der Waals surface area (Å²) >= 11 is 0. The lowest BCUT2D eigenvalue weighted by atomic mass is 10.1. The van der Waals surface area contributed by atoms with Crippen LogP contribution in [0, 0.1) is 10.1 Å². The minimum absolute atomic E-state index is 0.0118. The average Bonchev–Trinajstić information content (AvgIpc) is 3.30. The van der Waals surface area contributed by atoms with E-state index < -0.39 is 10.9 Å². The topological polar surface area (TPSA) is 133 Å². The number of pyridine rings is 1. The van der Waals surface area contributed by atoms with Crippen molar-refractivity contribution in [3.63, 3.8) is 0 Å². The number of rotatable bonds is 6. The van der Waals surface area contributed by atoms with Gasteiger partial charge in [0.25, 0.3) is 5.69 Å². The summed E-state index contributed by atoms with van der Waals surface area (Å²) in [6.45, 7) is 0.254. The van der Waals surface area contributed by atoms with E-state index in [1.54, 1.807) is 59.4 Å². The smallest absolute Gasteiger partial charge is 0.340 e. The van der Waals surface area contributed by atoms with Crippen LogP contribution >= 0.6 is 0 Å². The summed E-state index contributed by atoms with van der Waals surface area (Å²) in [7, 11) is 0. The second-order valence-electron chi connectivity index (χ2n) is 7.63. The normalized spacial score (nSPS) is 11.1. The molecule has 0 aliphatic rings. The summed E-state index contributed by atoms with van der Waals surface area (Å²) in [4.78, 5) is 39.1. The molecule has 0 bridgehead atoms. The Bertz CT molecular complexity index is 1600. The number of H-pyrrole nitrogens is 1. The minimum Gasteiger partial charge on any atom is -0.455 e. The number of hydrogen-bond donors (Lipinski definition) is 1. The first-order valence-corrected chi connectivity index (χ1v) is 10.3. The highest BCUT2D eigenvalue weighted by Crippen LogP contribution is 2.19. The predicted molar refractivity (Wildman–Crippen MR) is 123 cm³/mol. The van der Waals surface area contributed by atoms with Gasteiger partial charge in [0.15, 0.2) is 5.43 Å². The van der Waals surface area contributed by atoms with Gasteiger partial charge in [-0.15, -0.1) is 5.10 Å². The molecule has 0 aliphatic heterocycles. The van der Waals surface area contributed by atoms with E-state index in [1.165, 1.54) is 12.1 Å². The van der Waals surface area contributed by atoms with Crippen LogP contribution in [-0.4, -0.2) is 30.9 Å². The summed E-state index contributed by atoms with van der Waals surface area (Å²) in [5.74, 6) is -0.596. The number of nitrogens with zero attached hydrogens (tertiary/aromatic N) is 4. The van der Waals surface area contributed by atoms with Gasteiger partial charge in [0.2, 0.25) is 0 Å². The second-order valence-corrected chi connectivity index (χ2v) is 7.63. The van der Waals surface area contributed by atoms with Gasteiger partial charge < -0.3 is 9.72 Å². The summed E-state index contributed by atoms with van der Waals surface area (Å²) in [6.07, 6.45) is 1.63. The van der Waals surface area contributed by atoms with Crippen molar-refractivity contribution in [3.05, 3.63) is 110 Å². The average molecular weight is 455 g/mol. The van der Waals surface area contributed by atoms with Crippen molar-refractivity contribution in [2.24, 2.45) is 0 Å². The molecule has 10 nitrogen and oxygen atoms in total. The predicted octanol–water partition coefficient (Wildman–Crippen LogP) is 3.59. The molecule has 10 heteroatoms. The minimum atomic E-state index is -0.596. The zero-order chi connectivity index (χ0) is 23.7. The molecule has 2 heterocycles. The first-order chi connectivity index (χ1) is 16.5. The third-order valence-corrected chi connectivity index (χ3v) is 5.39. The first-order valence-electron chi connectivity index (χ1n) is 10.3. The molecule has 0 radical (unpaired) electrons. The molecule has 3 aromatic carbocycles. The van der Waals surface area contributed by atoms with Gasteiger partial charge in [-0.3, -0.25) is 14.9 Å². The molecule has 0 aliphatic carbocycles. The highest BCUT2D eigenvalue weighted by atomic mass is 16.6. The van der Waals surface area contributed by atoms with Crippen molar-refractivity contribution in [3.8, 4) is 0 Å². The SMILES string of the molecule is O=C(OCc1cn(Cc2ccc([N+](=O)[O-])cc2)nn1)c1cccc2c(=O)c3ccccc3[nH]c12. The van der Waals surface area contributed by atoms with E-state index in [0.29, 0.717) is 34.0 Å². The summed E-state index contributed by atoms with van der Waals surface area (Å²) in [5, 5.41) is 19.7. The molecule has 0 spiro atoms. The Hall–Kier alpha value is -4.86. The molecule has 5 aromatic rings. The third-order valence-electron chi connectivity index (χ3n) is 5.39. The van der Waals surface area contributed by atoms with Crippen molar-refractivity contribution >= 4 is 33.5 Å². The molecule has 0 amide bonds. The van der Waals surface area contributed by atoms with Crippen LogP contribution in [0.5, 0.6) is 0 Å². The number of aromatic amines is 1. The van der Waals surface area contributed by atoms with Gasteiger partial charge in [0.05, 0.1) is 28.7 Å². The van der Waals surface area contributed by atoms with Gasteiger partial charge in [-0.1, -0.05) is 35.5 Å². The Morgan fingerprint density at radius 3 is 2.59 bits per heavy atom. The number of non-ortho nitro benzene ring substituents is 1. The molecule has 1 N–H and O–H groups in total. The van der Waals surface area contributed by atoms with Crippen molar-refractivity contribution < 1.29 is 14.5 Å². The standard InChI is InChI=1S/C24H17N5O5/c30-23-18-4-1-2-7-21(18)25-22-19(23)5-3-6-20(22)24(31)34-14-16-13-28(27-26-16)12-15-8-10-17(11-9-15)29(32)33/h1-11,13H,12,14H2,(H,25,30). The van der Waals surface area contributed by atoms with Crippen LogP contribution in [0.4, 0.5) is 5.69 Å².